The Hall–Kier alpha value is -2.53. The van der Waals surface area contributed by atoms with E-state index in [4.69, 9.17) is 0 Å². The number of carboxylic acid groups (broad SMARTS) is 1. The van der Waals surface area contributed by atoms with Crippen molar-refractivity contribution in [2.75, 3.05) is 0 Å². The lowest BCUT2D eigenvalue weighted by Crippen LogP contribution is -1.89. The maximum absolute atomic E-state index is 13.1. The van der Waals surface area contributed by atoms with Crippen molar-refractivity contribution < 1.29 is 18.7 Å². The predicted molar refractivity (Wildman–Crippen MR) is 82.1 cm³/mol. The Morgan fingerprint density at radius 2 is 1.36 bits per heavy atom. The highest BCUT2D eigenvalue weighted by molar-refractivity contribution is 7.18. The van der Waals surface area contributed by atoms with Gasteiger partial charge in [0.25, 0.3) is 0 Å². The number of hydrogen-bond acceptors (Lipinski definition) is 2. The molecule has 0 saturated heterocycles. The average Bonchev–Trinajstić information content (AvgIpc) is 2.94. The highest BCUT2D eigenvalue weighted by Gasteiger charge is 2.16. The lowest BCUT2D eigenvalue weighted by molar-refractivity contribution is 0.0702. The van der Waals surface area contributed by atoms with E-state index in [1.165, 1.54) is 24.3 Å². The first-order chi connectivity index (χ1) is 10.5. The van der Waals surface area contributed by atoms with E-state index in [0.29, 0.717) is 16.0 Å². The van der Waals surface area contributed by atoms with Crippen molar-refractivity contribution in [2.24, 2.45) is 0 Å². The van der Waals surface area contributed by atoms with Crippen LogP contribution in [0.3, 0.4) is 0 Å². The summed E-state index contributed by atoms with van der Waals surface area (Å²) < 4.78 is 26.1. The predicted octanol–water partition coefficient (Wildman–Crippen LogP) is 5.06. The lowest BCUT2D eigenvalue weighted by atomic mass is 10.0. The number of carboxylic acids is 1. The van der Waals surface area contributed by atoms with Crippen LogP contribution in [-0.4, -0.2) is 11.1 Å². The van der Waals surface area contributed by atoms with Gasteiger partial charge < -0.3 is 5.11 Å². The van der Waals surface area contributed by atoms with Crippen LogP contribution < -0.4 is 0 Å². The first kappa shape index (κ1) is 14.4. The molecule has 0 atom stereocenters. The summed E-state index contributed by atoms with van der Waals surface area (Å²) in [7, 11) is 0. The van der Waals surface area contributed by atoms with Gasteiger partial charge in [0.15, 0.2) is 0 Å². The number of benzene rings is 2. The highest BCUT2D eigenvalue weighted by Crippen LogP contribution is 2.39. The molecule has 0 amide bonds. The number of hydrogen-bond donors (Lipinski definition) is 1. The quantitative estimate of drug-likeness (QED) is 0.733. The Kier molecular flexibility index (Phi) is 3.73. The zero-order chi connectivity index (χ0) is 15.7. The number of halogens is 2. The van der Waals surface area contributed by atoms with Gasteiger partial charge in [-0.25, -0.2) is 13.6 Å². The Balaban J connectivity index is 2.17. The summed E-state index contributed by atoms with van der Waals surface area (Å²) in [5.41, 5.74) is 2.12. The Morgan fingerprint density at radius 3 is 1.86 bits per heavy atom. The molecule has 2 aromatic carbocycles. The Bertz CT molecular complexity index is 758. The van der Waals surface area contributed by atoms with Crippen molar-refractivity contribution in [1.29, 1.82) is 0 Å². The van der Waals surface area contributed by atoms with Crippen LogP contribution in [0, 0.1) is 11.6 Å². The van der Waals surface area contributed by atoms with Gasteiger partial charge in [0.2, 0.25) is 0 Å². The van der Waals surface area contributed by atoms with Crippen LogP contribution >= 0.6 is 11.3 Å². The molecule has 5 heteroatoms. The summed E-state index contributed by atoms with van der Waals surface area (Å²) in [6, 6.07) is 13.2. The van der Waals surface area contributed by atoms with Crippen LogP contribution in [0.25, 0.3) is 21.6 Å². The minimum Gasteiger partial charge on any atom is -0.477 e. The van der Waals surface area contributed by atoms with Crippen LogP contribution in [0.1, 0.15) is 9.67 Å². The Morgan fingerprint density at radius 1 is 0.864 bits per heavy atom. The first-order valence-electron chi connectivity index (χ1n) is 6.43. The molecule has 0 aliphatic carbocycles. The van der Waals surface area contributed by atoms with Crippen molar-refractivity contribution in [2.45, 2.75) is 0 Å². The van der Waals surface area contributed by atoms with Crippen molar-refractivity contribution >= 4 is 17.3 Å². The summed E-state index contributed by atoms with van der Waals surface area (Å²) in [4.78, 5) is 12.1. The first-order valence-corrected chi connectivity index (χ1v) is 7.25. The maximum atomic E-state index is 13.1. The molecule has 3 aromatic rings. The van der Waals surface area contributed by atoms with Crippen molar-refractivity contribution in [3.05, 3.63) is 71.1 Å². The minimum atomic E-state index is -1.03. The molecular weight excluding hydrogens is 306 g/mol. The molecule has 1 aromatic heterocycles. The maximum Gasteiger partial charge on any atom is 0.345 e. The zero-order valence-corrected chi connectivity index (χ0v) is 12.0. The summed E-state index contributed by atoms with van der Waals surface area (Å²) in [5, 5.41) is 9.20. The molecule has 110 valence electrons. The molecule has 1 N–H and O–H groups in total. The van der Waals surface area contributed by atoms with Gasteiger partial charge in [0.05, 0.1) is 0 Å². The molecule has 0 bridgehead atoms. The fourth-order valence-electron chi connectivity index (χ4n) is 2.16. The third-order valence-corrected chi connectivity index (χ3v) is 4.38. The Labute approximate surface area is 129 Å². The number of aromatic carboxylic acids is 1. The molecule has 0 fully saturated rings. The summed E-state index contributed by atoms with van der Waals surface area (Å²) in [6.07, 6.45) is 0. The average molecular weight is 316 g/mol. The fraction of sp³-hybridized carbons (Fsp3) is 0. The van der Waals surface area contributed by atoms with Crippen LogP contribution in [-0.2, 0) is 0 Å². The summed E-state index contributed by atoms with van der Waals surface area (Å²) in [6.45, 7) is 0. The second-order valence-corrected chi connectivity index (χ2v) is 5.72. The molecule has 0 aliphatic rings. The van der Waals surface area contributed by atoms with E-state index >= 15 is 0 Å². The van der Waals surface area contributed by atoms with E-state index in [-0.39, 0.29) is 16.5 Å². The third kappa shape index (κ3) is 2.76. The standard InChI is InChI=1S/C17H10F2O2S/c18-12-5-1-10(2-6-12)14-9-15(17(20)21)22-16(14)11-3-7-13(19)8-4-11/h1-9H,(H,20,21). The second kappa shape index (κ2) is 5.69. The van der Waals surface area contributed by atoms with Gasteiger partial charge in [0, 0.05) is 10.4 Å². The SMILES string of the molecule is O=C(O)c1cc(-c2ccc(F)cc2)c(-c2ccc(F)cc2)s1. The molecule has 0 radical (unpaired) electrons. The molecular formula is C17H10F2O2S. The summed E-state index contributed by atoms with van der Waals surface area (Å²) in [5.74, 6) is -1.75. The lowest BCUT2D eigenvalue weighted by Gasteiger charge is -2.04. The monoisotopic (exact) mass is 316 g/mol. The number of carbonyl (C=O) groups is 1. The van der Waals surface area contributed by atoms with E-state index < -0.39 is 5.97 Å². The largest absolute Gasteiger partial charge is 0.477 e. The van der Waals surface area contributed by atoms with E-state index in [1.54, 1.807) is 30.3 Å². The van der Waals surface area contributed by atoms with Crippen molar-refractivity contribution in [3.63, 3.8) is 0 Å². The normalized spacial score (nSPS) is 10.6. The molecule has 0 saturated carbocycles. The van der Waals surface area contributed by atoms with Crippen LogP contribution in [0.5, 0.6) is 0 Å². The second-order valence-electron chi connectivity index (χ2n) is 4.67. The molecule has 0 spiro atoms. The third-order valence-electron chi connectivity index (χ3n) is 3.20. The minimum absolute atomic E-state index is 0.179. The van der Waals surface area contributed by atoms with Gasteiger partial charge in [-0.1, -0.05) is 24.3 Å². The smallest absolute Gasteiger partial charge is 0.345 e. The van der Waals surface area contributed by atoms with E-state index in [1.807, 2.05) is 0 Å². The number of thiophene rings is 1. The van der Waals surface area contributed by atoms with Gasteiger partial charge in [-0.05, 0) is 41.5 Å². The topological polar surface area (TPSA) is 37.3 Å². The van der Waals surface area contributed by atoms with Crippen LogP contribution in [0.4, 0.5) is 8.78 Å². The van der Waals surface area contributed by atoms with E-state index in [0.717, 1.165) is 16.9 Å². The highest BCUT2D eigenvalue weighted by atomic mass is 32.1. The van der Waals surface area contributed by atoms with E-state index in [2.05, 4.69) is 0 Å². The van der Waals surface area contributed by atoms with Crippen molar-refractivity contribution in [3.8, 4) is 21.6 Å². The summed E-state index contributed by atoms with van der Waals surface area (Å²) >= 11 is 1.11. The molecule has 3 rings (SSSR count). The molecule has 2 nitrogen and oxygen atoms in total. The molecule has 22 heavy (non-hydrogen) atoms. The molecule has 0 aliphatic heterocycles. The zero-order valence-electron chi connectivity index (χ0n) is 11.2. The van der Waals surface area contributed by atoms with Crippen LogP contribution in [0.2, 0.25) is 0 Å². The van der Waals surface area contributed by atoms with Gasteiger partial charge >= 0.3 is 5.97 Å². The van der Waals surface area contributed by atoms with Gasteiger partial charge in [-0.3, -0.25) is 0 Å². The van der Waals surface area contributed by atoms with Gasteiger partial charge in [-0.2, -0.15) is 0 Å². The fourth-order valence-corrected chi connectivity index (χ4v) is 3.18. The van der Waals surface area contributed by atoms with Gasteiger partial charge in [-0.15, -0.1) is 11.3 Å². The van der Waals surface area contributed by atoms with Gasteiger partial charge in [0.1, 0.15) is 16.5 Å². The van der Waals surface area contributed by atoms with Crippen LogP contribution in [0.15, 0.2) is 54.6 Å². The molecule has 0 unspecified atom stereocenters. The number of rotatable bonds is 3. The van der Waals surface area contributed by atoms with E-state index in [9.17, 15) is 18.7 Å². The molecule has 1 heterocycles. The van der Waals surface area contributed by atoms with Crippen molar-refractivity contribution in [1.82, 2.24) is 0 Å².